The van der Waals surface area contributed by atoms with Crippen LogP contribution in [0.15, 0.2) is 77.9 Å². The van der Waals surface area contributed by atoms with Gasteiger partial charge < -0.3 is 4.74 Å². The zero-order chi connectivity index (χ0) is 19.1. The highest BCUT2D eigenvalue weighted by molar-refractivity contribution is 6.31. The highest BCUT2D eigenvalue weighted by atomic mass is 35.5. The van der Waals surface area contributed by atoms with Crippen LogP contribution in [-0.2, 0) is 6.61 Å². The maximum Gasteiger partial charge on any atom is 0.271 e. The number of halogens is 2. The Balaban J connectivity index is 1.58. The molecule has 0 saturated carbocycles. The summed E-state index contributed by atoms with van der Waals surface area (Å²) in [5.41, 5.74) is 4.67. The molecule has 1 amide bonds. The quantitative estimate of drug-likeness (QED) is 0.450. The second-order valence-corrected chi connectivity index (χ2v) is 6.50. The number of nitrogens with one attached hydrogen (secondary N) is 1. The topological polar surface area (TPSA) is 50.7 Å². The van der Waals surface area contributed by atoms with Crippen LogP contribution >= 0.6 is 23.2 Å². The summed E-state index contributed by atoms with van der Waals surface area (Å²) < 4.78 is 5.78. The lowest BCUT2D eigenvalue weighted by Gasteiger charge is -2.08. The third kappa shape index (κ3) is 5.58. The minimum atomic E-state index is -0.311. The van der Waals surface area contributed by atoms with E-state index < -0.39 is 0 Å². The van der Waals surface area contributed by atoms with E-state index in [4.69, 9.17) is 27.9 Å². The zero-order valence-electron chi connectivity index (χ0n) is 14.2. The van der Waals surface area contributed by atoms with Crippen molar-refractivity contribution in [3.05, 3.63) is 99.5 Å². The van der Waals surface area contributed by atoms with E-state index in [-0.39, 0.29) is 5.91 Å². The van der Waals surface area contributed by atoms with Crippen LogP contribution in [-0.4, -0.2) is 12.1 Å². The molecule has 0 radical (unpaired) electrons. The number of nitrogens with zero attached hydrogens (tertiary/aromatic N) is 1. The highest BCUT2D eigenvalue weighted by Crippen LogP contribution is 2.19. The summed E-state index contributed by atoms with van der Waals surface area (Å²) in [5.74, 6) is 0.372. The maximum absolute atomic E-state index is 12.0. The number of hydrazone groups is 1. The Kier molecular flexibility index (Phi) is 6.47. The molecule has 0 unspecified atom stereocenters. The van der Waals surface area contributed by atoms with Crippen molar-refractivity contribution in [1.82, 2.24) is 5.43 Å². The van der Waals surface area contributed by atoms with Crippen LogP contribution in [0.2, 0.25) is 10.0 Å². The number of hydrogen-bond donors (Lipinski definition) is 1. The van der Waals surface area contributed by atoms with Crippen molar-refractivity contribution in [2.75, 3.05) is 0 Å². The molecule has 0 aromatic heterocycles. The summed E-state index contributed by atoms with van der Waals surface area (Å²) in [6, 6.07) is 21.5. The number of rotatable bonds is 6. The molecule has 0 aliphatic carbocycles. The Morgan fingerprint density at radius 3 is 2.56 bits per heavy atom. The largest absolute Gasteiger partial charge is 0.489 e. The molecule has 0 spiro atoms. The van der Waals surface area contributed by atoms with Crippen LogP contribution in [0.1, 0.15) is 21.5 Å². The Morgan fingerprint density at radius 1 is 1.00 bits per heavy atom. The molecule has 0 heterocycles. The lowest BCUT2D eigenvalue weighted by Crippen LogP contribution is -2.17. The van der Waals surface area contributed by atoms with Gasteiger partial charge in [0.05, 0.1) is 6.21 Å². The fraction of sp³-hybridized carbons (Fsp3) is 0.0476. The Bertz CT molecular complexity index is 956. The number of ether oxygens (including phenoxy) is 1. The summed E-state index contributed by atoms with van der Waals surface area (Å²) >= 11 is 11.9. The van der Waals surface area contributed by atoms with Gasteiger partial charge in [0.15, 0.2) is 0 Å². The van der Waals surface area contributed by atoms with Gasteiger partial charge in [0.2, 0.25) is 0 Å². The van der Waals surface area contributed by atoms with Crippen molar-refractivity contribution in [1.29, 1.82) is 0 Å². The first kappa shape index (κ1) is 19.0. The molecule has 0 aliphatic rings. The van der Waals surface area contributed by atoms with Gasteiger partial charge in [-0.2, -0.15) is 5.10 Å². The first-order valence-electron chi connectivity index (χ1n) is 8.17. The third-order valence-corrected chi connectivity index (χ3v) is 4.32. The van der Waals surface area contributed by atoms with Gasteiger partial charge >= 0.3 is 0 Å². The molecule has 1 N–H and O–H groups in total. The average Bonchev–Trinajstić information content (AvgIpc) is 2.68. The maximum atomic E-state index is 12.0. The molecule has 3 rings (SSSR count). The fourth-order valence-electron chi connectivity index (χ4n) is 2.29. The van der Waals surface area contributed by atoms with Crippen molar-refractivity contribution < 1.29 is 9.53 Å². The lowest BCUT2D eigenvalue weighted by molar-refractivity contribution is 0.0955. The van der Waals surface area contributed by atoms with E-state index in [1.807, 2.05) is 48.5 Å². The van der Waals surface area contributed by atoms with E-state index in [0.29, 0.717) is 28.0 Å². The first-order valence-corrected chi connectivity index (χ1v) is 8.92. The monoisotopic (exact) mass is 398 g/mol. The van der Waals surface area contributed by atoms with Crippen molar-refractivity contribution in [3.8, 4) is 5.75 Å². The van der Waals surface area contributed by atoms with Gasteiger partial charge in [0.25, 0.3) is 5.91 Å². The molecule has 0 bridgehead atoms. The van der Waals surface area contributed by atoms with Crippen LogP contribution in [0.3, 0.4) is 0 Å². The Labute approximate surface area is 167 Å². The van der Waals surface area contributed by atoms with Gasteiger partial charge in [-0.25, -0.2) is 5.43 Å². The Hall–Kier alpha value is -2.82. The predicted octanol–water partition coefficient (Wildman–Crippen LogP) is 5.34. The molecule has 3 aromatic rings. The van der Waals surface area contributed by atoms with Crippen molar-refractivity contribution in [2.45, 2.75) is 6.61 Å². The molecule has 0 saturated heterocycles. The van der Waals surface area contributed by atoms with Gasteiger partial charge in [-0.1, -0.05) is 53.5 Å². The summed E-state index contributed by atoms with van der Waals surface area (Å²) in [6.07, 6.45) is 1.55. The summed E-state index contributed by atoms with van der Waals surface area (Å²) in [6.45, 7) is 0.369. The molecule has 6 heteroatoms. The third-order valence-electron chi connectivity index (χ3n) is 3.70. The molecule has 136 valence electrons. The number of amides is 1. The Morgan fingerprint density at radius 2 is 1.78 bits per heavy atom. The van der Waals surface area contributed by atoms with E-state index in [0.717, 1.165) is 11.1 Å². The smallest absolute Gasteiger partial charge is 0.271 e. The predicted molar refractivity (Wildman–Crippen MR) is 109 cm³/mol. The second kappa shape index (κ2) is 9.21. The summed E-state index contributed by atoms with van der Waals surface area (Å²) in [4.78, 5) is 12.0. The molecule has 0 aliphatic heterocycles. The first-order chi connectivity index (χ1) is 13.1. The van der Waals surface area contributed by atoms with Gasteiger partial charge in [0.1, 0.15) is 12.4 Å². The van der Waals surface area contributed by atoms with Gasteiger partial charge in [-0.05, 0) is 48.0 Å². The summed E-state index contributed by atoms with van der Waals surface area (Å²) in [7, 11) is 0. The molecule has 3 aromatic carbocycles. The van der Waals surface area contributed by atoms with E-state index in [1.54, 1.807) is 30.5 Å². The van der Waals surface area contributed by atoms with E-state index in [1.165, 1.54) is 0 Å². The van der Waals surface area contributed by atoms with Crippen LogP contribution in [0.25, 0.3) is 0 Å². The minimum Gasteiger partial charge on any atom is -0.489 e. The second-order valence-electron chi connectivity index (χ2n) is 5.66. The van der Waals surface area contributed by atoms with Crippen LogP contribution in [0.5, 0.6) is 5.75 Å². The normalized spacial score (nSPS) is 10.7. The van der Waals surface area contributed by atoms with Crippen LogP contribution in [0, 0.1) is 0 Å². The molecular formula is C21H16Cl2N2O2. The van der Waals surface area contributed by atoms with E-state index in [9.17, 15) is 4.79 Å². The van der Waals surface area contributed by atoms with Gasteiger partial charge in [-0.15, -0.1) is 0 Å². The summed E-state index contributed by atoms with van der Waals surface area (Å²) in [5, 5.41) is 5.22. The minimum absolute atomic E-state index is 0.311. The molecule has 0 fully saturated rings. The zero-order valence-corrected chi connectivity index (χ0v) is 15.7. The van der Waals surface area contributed by atoms with Gasteiger partial charge in [-0.3, -0.25) is 4.79 Å². The molecule has 0 atom stereocenters. The molecule has 27 heavy (non-hydrogen) atoms. The van der Waals surface area contributed by atoms with Crippen molar-refractivity contribution in [3.63, 3.8) is 0 Å². The fourth-order valence-corrected chi connectivity index (χ4v) is 2.61. The average molecular weight is 399 g/mol. The number of carbonyl (C=O) groups excluding carboxylic acids is 1. The van der Waals surface area contributed by atoms with Gasteiger partial charge in [0, 0.05) is 21.2 Å². The van der Waals surface area contributed by atoms with E-state index >= 15 is 0 Å². The van der Waals surface area contributed by atoms with Crippen molar-refractivity contribution >= 4 is 35.3 Å². The van der Waals surface area contributed by atoms with Crippen LogP contribution < -0.4 is 10.2 Å². The van der Waals surface area contributed by atoms with Crippen molar-refractivity contribution in [2.24, 2.45) is 5.10 Å². The van der Waals surface area contributed by atoms with E-state index in [2.05, 4.69) is 10.5 Å². The number of benzene rings is 3. The highest BCUT2D eigenvalue weighted by Gasteiger charge is 2.04. The molecular weight excluding hydrogens is 383 g/mol. The number of carbonyl (C=O) groups is 1. The lowest BCUT2D eigenvalue weighted by atomic mass is 10.2. The molecule has 4 nitrogen and oxygen atoms in total. The SMILES string of the molecule is O=C(N/N=C\c1cccc(OCc2ccccc2Cl)c1)c1ccc(Cl)cc1. The van der Waals surface area contributed by atoms with Crippen LogP contribution in [0.4, 0.5) is 0 Å². The number of hydrogen-bond acceptors (Lipinski definition) is 3. The standard InChI is InChI=1S/C21H16Cl2N2O2/c22-18-10-8-16(9-11-18)21(26)25-24-13-15-4-3-6-19(12-15)27-14-17-5-1-2-7-20(17)23/h1-13H,14H2,(H,25,26)/b24-13-.